The van der Waals surface area contributed by atoms with Gasteiger partial charge in [-0.2, -0.15) is 0 Å². The maximum atomic E-state index is 13.9. The van der Waals surface area contributed by atoms with Crippen LogP contribution in [0.25, 0.3) is 0 Å². The number of hydrogen-bond donors (Lipinski definition) is 3. The van der Waals surface area contributed by atoms with Gasteiger partial charge in [-0.05, 0) is 56.9 Å². The molecule has 1 heterocycles. The number of nitrogens with zero attached hydrogens (tertiary/aromatic N) is 2. The molecule has 1 aromatic heterocycles. The Balaban J connectivity index is 0.00000385. The largest absolute Gasteiger partial charge is 0.490 e. The number of rotatable bonds is 11. The molecule has 3 rings (SSSR count). The zero-order chi connectivity index (χ0) is 22.9. The van der Waals surface area contributed by atoms with Crippen LogP contribution in [-0.4, -0.2) is 35.9 Å². The van der Waals surface area contributed by atoms with Crippen molar-refractivity contribution < 1.29 is 23.3 Å². The zero-order valence-corrected chi connectivity index (χ0v) is 20.2. The van der Waals surface area contributed by atoms with Gasteiger partial charge in [0.15, 0.2) is 11.5 Å². The average Bonchev–Trinajstić information content (AvgIpc) is 3.20. The van der Waals surface area contributed by atoms with Gasteiger partial charge >= 0.3 is 0 Å². The normalized spacial score (nSPS) is 10.4. The summed E-state index contributed by atoms with van der Waals surface area (Å²) in [5.41, 5.74) is 6.84. The van der Waals surface area contributed by atoms with Crippen LogP contribution in [-0.2, 0) is 13.2 Å². The maximum absolute atomic E-state index is 13.9. The average molecular weight is 545 g/mol. The molecule has 2 aromatic carbocycles. The Hall–Kier alpha value is -2.89. The van der Waals surface area contributed by atoms with Crippen molar-refractivity contribution in [3.63, 3.8) is 0 Å². The van der Waals surface area contributed by atoms with Crippen LogP contribution in [0.4, 0.5) is 10.2 Å². The van der Waals surface area contributed by atoms with Crippen LogP contribution in [0.2, 0.25) is 0 Å². The Morgan fingerprint density at radius 1 is 1.21 bits per heavy atom. The smallest absolute Gasteiger partial charge is 0.277 e. The number of nitrogens with two attached hydrogens (primary N) is 1. The molecule has 4 N–H and O–H groups in total. The lowest BCUT2D eigenvalue weighted by Crippen LogP contribution is -2.32. The highest BCUT2D eigenvalue weighted by molar-refractivity contribution is 9.10. The number of carbonyl (C=O) groups is 1. The van der Waals surface area contributed by atoms with E-state index in [0.717, 1.165) is 5.56 Å². The minimum atomic E-state index is -0.455. The first-order chi connectivity index (χ1) is 15.5. The lowest BCUT2D eigenvalue weighted by Gasteiger charge is -2.16. The third kappa shape index (κ3) is 7.31. The minimum Gasteiger partial charge on any atom is -0.490 e. The van der Waals surface area contributed by atoms with Gasteiger partial charge in [0.05, 0.1) is 11.1 Å². The fraction of sp³-hybridized carbons (Fsp3) is 0.286. The molecule has 0 saturated carbocycles. The van der Waals surface area contributed by atoms with Gasteiger partial charge in [-0.25, -0.2) is 9.02 Å². The van der Waals surface area contributed by atoms with Crippen molar-refractivity contribution in [1.29, 1.82) is 0 Å². The van der Waals surface area contributed by atoms with Gasteiger partial charge in [-0.1, -0.05) is 18.2 Å². The van der Waals surface area contributed by atoms with Crippen LogP contribution in [0.3, 0.4) is 0 Å². The number of nitrogen functional groups attached to an aromatic ring is 1. The van der Waals surface area contributed by atoms with Gasteiger partial charge in [0.1, 0.15) is 12.4 Å². The van der Waals surface area contributed by atoms with E-state index in [4.69, 9.17) is 15.2 Å². The molecule has 0 unspecified atom stereocenters. The molecule has 0 aliphatic rings. The SMILES string of the molecule is CCOc1cc(CNCCNC(=O)c2nonc2N)cc(Br)c1OCc1ccccc1F.Cl. The third-order valence-corrected chi connectivity index (χ3v) is 4.93. The highest BCUT2D eigenvalue weighted by Crippen LogP contribution is 2.37. The molecule has 0 fully saturated rings. The van der Waals surface area contributed by atoms with Crippen molar-refractivity contribution in [3.05, 3.63) is 63.5 Å². The van der Waals surface area contributed by atoms with E-state index >= 15 is 0 Å². The van der Waals surface area contributed by atoms with Crippen molar-refractivity contribution in [2.45, 2.75) is 20.1 Å². The number of halogens is 3. The molecule has 1 amide bonds. The van der Waals surface area contributed by atoms with Crippen molar-refractivity contribution >= 4 is 40.1 Å². The number of benzene rings is 2. The summed E-state index contributed by atoms with van der Waals surface area (Å²) in [4.78, 5) is 11.9. The first-order valence-electron chi connectivity index (χ1n) is 9.88. The topological polar surface area (TPSA) is 125 Å². The van der Waals surface area contributed by atoms with E-state index in [1.54, 1.807) is 18.2 Å². The molecule has 12 heteroatoms. The van der Waals surface area contributed by atoms with Gasteiger partial charge in [0.25, 0.3) is 5.91 Å². The van der Waals surface area contributed by atoms with E-state index in [-0.39, 0.29) is 36.3 Å². The Kier molecular flexibility index (Phi) is 10.4. The number of nitrogens with one attached hydrogen (secondary N) is 2. The zero-order valence-electron chi connectivity index (χ0n) is 17.8. The lowest BCUT2D eigenvalue weighted by molar-refractivity contribution is 0.0944. The fourth-order valence-corrected chi connectivity index (χ4v) is 3.43. The van der Waals surface area contributed by atoms with Crippen molar-refractivity contribution in [3.8, 4) is 11.5 Å². The monoisotopic (exact) mass is 543 g/mol. The van der Waals surface area contributed by atoms with Gasteiger partial charge < -0.3 is 25.8 Å². The molecule has 0 aliphatic carbocycles. The van der Waals surface area contributed by atoms with Crippen LogP contribution < -0.4 is 25.8 Å². The van der Waals surface area contributed by atoms with E-state index in [1.165, 1.54) is 6.07 Å². The summed E-state index contributed by atoms with van der Waals surface area (Å²) in [5, 5.41) is 12.7. The second-order valence-electron chi connectivity index (χ2n) is 6.65. The quantitative estimate of drug-likeness (QED) is 0.314. The second kappa shape index (κ2) is 13.0. The number of amides is 1. The van der Waals surface area contributed by atoms with Crippen LogP contribution in [0, 0.1) is 5.82 Å². The molecule has 0 saturated heterocycles. The summed E-state index contributed by atoms with van der Waals surface area (Å²) in [6.45, 7) is 3.78. The van der Waals surface area contributed by atoms with Crippen molar-refractivity contribution in [2.24, 2.45) is 0 Å². The van der Waals surface area contributed by atoms with Crippen molar-refractivity contribution in [1.82, 2.24) is 20.9 Å². The molecule has 3 aromatic rings. The molecule has 0 radical (unpaired) electrons. The number of hydrogen-bond acceptors (Lipinski definition) is 8. The summed E-state index contributed by atoms with van der Waals surface area (Å²) in [6, 6.07) is 10.2. The molecule has 9 nitrogen and oxygen atoms in total. The number of ether oxygens (including phenoxy) is 2. The highest BCUT2D eigenvalue weighted by Gasteiger charge is 2.16. The summed E-state index contributed by atoms with van der Waals surface area (Å²) in [5.74, 6) is 0.226. The predicted octanol–water partition coefficient (Wildman–Crippen LogP) is 3.47. The van der Waals surface area contributed by atoms with E-state index in [2.05, 4.69) is 41.5 Å². The second-order valence-corrected chi connectivity index (χ2v) is 7.50. The summed E-state index contributed by atoms with van der Waals surface area (Å²) >= 11 is 3.51. The Morgan fingerprint density at radius 3 is 2.70 bits per heavy atom. The number of aromatic nitrogens is 2. The first-order valence-corrected chi connectivity index (χ1v) is 10.7. The predicted molar refractivity (Wildman–Crippen MR) is 126 cm³/mol. The van der Waals surface area contributed by atoms with Gasteiger partial charge in [-0.15, -0.1) is 12.4 Å². The molecular weight excluding hydrogens is 521 g/mol. The van der Waals surface area contributed by atoms with E-state index < -0.39 is 5.91 Å². The summed E-state index contributed by atoms with van der Waals surface area (Å²) in [6.07, 6.45) is 0. The third-order valence-electron chi connectivity index (χ3n) is 4.34. The Morgan fingerprint density at radius 2 is 2.00 bits per heavy atom. The van der Waals surface area contributed by atoms with Crippen LogP contribution >= 0.6 is 28.3 Å². The fourth-order valence-electron chi connectivity index (χ4n) is 2.83. The summed E-state index contributed by atoms with van der Waals surface area (Å²) < 4.78 is 30.6. The minimum absolute atomic E-state index is 0. The first kappa shape index (κ1) is 26.4. The van der Waals surface area contributed by atoms with Gasteiger partial charge in [-0.3, -0.25) is 4.79 Å². The molecular formula is C21H24BrClFN5O4. The standard InChI is InChI=1S/C21H23BrFN5O4.ClH/c1-2-30-17-10-13(11-25-7-8-26-21(29)18-20(24)28-32-27-18)9-15(22)19(17)31-12-14-5-3-4-6-16(14)23;/h3-6,9-10,25H,2,7-8,11-12H2,1H3,(H2,24,28)(H,26,29);1H. The summed E-state index contributed by atoms with van der Waals surface area (Å²) in [7, 11) is 0. The van der Waals surface area contributed by atoms with Crippen LogP contribution in [0.15, 0.2) is 45.5 Å². The van der Waals surface area contributed by atoms with Gasteiger partial charge in [0, 0.05) is 25.2 Å². The van der Waals surface area contributed by atoms with E-state index in [1.807, 2.05) is 19.1 Å². The highest BCUT2D eigenvalue weighted by atomic mass is 79.9. The Bertz CT molecular complexity index is 1070. The number of carbonyl (C=O) groups excluding carboxylic acids is 1. The van der Waals surface area contributed by atoms with Crippen LogP contribution in [0.5, 0.6) is 11.5 Å². The van der Waals surface area contributed by atoms with Gasteiger partial charge in [0.2, 0.25) is 11.5 Å². The van der Waals surface area contributed by atoms with E-state index in [0.29, 0.717) is 47.8 Å². The molecule has 178 valence electrons. The molecule has 0 bridgehead atoms. The molecule has 33 heavy (non-hydrogen) atoms. The Labute approximate surface area is 204 Å². The van der Waals surface area contributed by atoms with E-state index in [9.17, 15) is 9.18 Å². The maximum Gasteiger partial charge on any atom is 0.277 e. The molecule has 0 atom stereocenters. The lowest BCUT2D eigenvalue weighted by atomic mass is 10.2. The van der Waals surface area contributed by atoms with Crippen molar-refractivity contribution in [2.75, 3.05) is 25.4 Å². The number of anilines is 1. The molecule has 0 aliphatic heterocycles. The molecule has 0 spiro atoms. The van der Waals surface area contributed by atoms with Crippen LogP contribution in [0.1, 0.15) is 28.5 Å².